The van der Waals surface area contributed by atoms with Crippen molar-refractivity contribution < 1.29 is 23.5 Å². The Morgan fingerprint density at radius 2 is 1.57 bits per heavy atom. The van der Waals surface area contributed by atoms with Gasteiger partial charge in [0.1, 0.15) is 0 Å². The average molecular weight is 378 g/mol. The maximum atomic E-state index is 11.6. The molecule has 0 amide bonds. The lowest BCUT2D eigenvalue weighted by Crippen LogP contribution is -2.03. The monoisotopic (exact) mass is 378 g/mol. The van der Waals surface area contributed by atoms with Crippen molar-refractivity contribution >= 4 is 11.9 Å². The van der Waals surface area contributed by atoms with Crippen LogP contribution in [0.5, 0.6) is 0 Å². The van der Waals surface area contributed by atoms with E-state index in [4.69, 9.17) is 11.0 Å². The van der Waals surface area contributed by atoms with Crippen LogP contribution in [0.1, 0.15) is 10.5 Å². The number of hydrogen-bond donors (Lipinski definition) is 0. The summed E-state index contributed by atoms with van der Waals surface area (Å²) in [5, 5.41) is 0. The summed E-state index contributed by atoms with van der Waals surface area (Å²) in [7, 11) is 2.58. The summed E-state index contributed by atoms with van der Waals surface area (Å²) in [5.74, 6) is -0.567. The number of ether oxygens (including phenoxy) is 2. The van der Waals surface area contributed by atoms with Gasteiger partial charge in [-0.2, -0.15) is 0 Å². The van der Waals surface area contributed by atoms with Crippen molar-refractivity contribution in [1.29, 1.82) is 0 Å². The maximum absolute atomic E-state index is 11.6. The van der Waals surface area contributed by atoms with Gasteiger partial charge in [-0.15, -0.1) is 0 Å². The summed E-state index contributed by atoms with van der Waals surface area (Å²) < 4.78 is 14.1. The third-order valence-corrected chi connectivity index (χ3v) is 3.64. The summed E-state index contributed by atoms with van der Waals surface area (Å²) in [5.41, 5.74) is 3.20. The number of esters is 2. The average Bonchev–Trinajstić information content (AvgIpc) is 3.24. The molecular weight excluding hydrogens is 360 g/mol. The summed E-state index contributed by atoms with van der Waals surface area (Å²) in [6, 6.07) is 17.8. The SMILES string of the molecule is COC(=O)c1ncoc1-c1ccc(-c2ccccc2)cc1.[C-]#[N+]CC(=O)OC. The summed E-state index contributed by atoms with van der Waals surface area (Å²) in [6.07, 6.45) is 1.24. The van der Waals surface area contributed by atoms with Gasteiger partial charge in [-0.05, 0) is 11.1 Å². The predicted octanol–water partition coefficient (Wildman–Crippen LogP) is 3.87. The van der Waals surface area contributed by atoms with Crippen LogP contribution in [-0.2, 0) is 14.3 Å². The van der Waals surface area contributed by atoms with E-state index in [-0.39, 0.29) is 12.2 Å². The number of hydrogen-bond acceptors (Lipinski definition) is 6. The van der Waals surface area contributed by atoms with E-state index in [1.165, 1.54) is 20.6 Å². The second-order valence-electron chi connectivity index (χ2n) is 5.36. The number of carbonyl (C=O) groups is 2. The van der Waals surface area contributed by atoms with Crippen LogP contribution in [0, 0.1) is 6.57 Å². The van der Waals surface area contributed by atoms with Gasteiger partial charge in [0, 0.05) is 5.56 Å². The highest BCUT2D eigenvalue weighted by Crippen LogP contribution is 2.27. The molecule has 0 aliphatic carbocycles. The molecule has 2 aromatic carbocycles. The Morgan fingerprint density at radius 3 is 2.11 bits per heavy atom. The van der Waals surface area contributed by atoms with Gasteiger partial charge in [0.05, 0.1) is 14.2 Å². The fourth-order valence-electron chi connectivity index (χ4n) is 2.27. The zero-order valence-corrected chi connectivity index (χ0v) is 15.4. The molecule has 3 aromatic rings. The van der Waals surface area contributed by atoms with Crippen molar-refractivity contribution in [2.45, 2.75) is 0 Å². The van der Waals surface area contributed by atoms with Crippen LogP contribution in [-0.4, -0.2) is 37.7 Å². The molecule has 0 aliphatic rings. The van der Waals surface area contributed by atoms with Crippen LogP contribution in [0.25, 0.3) is 27.3 Å². The van der Waals surface area contributed by atoms with Crippen LogP contribution in [0.3, 0.4) is 0 Å². The third-order valence-electron chi connectivity index (χ3n) is 3.64. The van der Waals surface area contributed by atoms with Crippen molar-refractivity contribution in [2.75, 3.05) is 20.8 Å². The fraction of sp³-hybridized carbons (Fsp3) is 0.143. The van der Waals surface area contributed by atoms with E-state index < -0.39 is 11.9 Å². The van der Waals surface area contributed by atoms with Crippen LogP contribution >= 0.6 is 0 Å². The minimum atomic E-state index is -0.508. The normalized spacial score (nSPS) is 9.46. The Kier molecular flexibility index (Phi) is 7.49. The van der Waals surface area contributed by atoms with Crippen LogP contribution in [0.4, 0.5) is 0 Å². The Labute approximate surface area is 162 Å². The number of oxazole rings is 1. The van der Waals surface area contributed by atoms with Crippen molar-refractivity contribution in [3.05, 3.63) is 78.1 Å². The van der Waals surface area contributed by atoms with Gasteiger partial charge >= 0.3 is 18.5 Å². The molecule has 0 aliphatic heterocycles. The third kappa shape index (κ3) is 5.29. The molecule has 142 valence electrons. The van der Waals surface area contributed by atoms with Gasteiger partial charge in [0.2, 0.25) is 0 Å². The molecule has 1 heterocycles. The highest BCUT2D eigenvalue weighted by Gasteiger charge is 2.18. The van der Waals surface area contributed by atoms with Gasteiger partial charge in [-0.1, -0.05) is 54.6 Å². The predicted molar refractivity (Wildman–Crippen MR) is 102 cm³/mol. The minimum absolute atomic E-state index is 0.170. The Bertz CT molecular complexity index is 956. The molecule has 28 heavy (non-hydrogen) atoms. The molecule has 0 spiro atoms. The smallest absolute Gasteiger partial charge is 0.386 e. The van der Waals surface area contributed by atoms with Crippen molar-refractivity contribution in [2.24, 2.45) is 0 Å². The summed E-state index contributed by atoms with van der Waals surface area (Å²) in [4.78, 5) is 28.3. The van der Waals surface area contributed by atoms with Crippen molar-refractivity contribution in [1.82, 2.24) is 4.98 Å². The standard InChI is InChI=1S/C17H13NO3.C4H5NO2/c1-20-17(19)15-16(21-11-18-15)14-9-7-13(8-10-14)12-5-3-2-4-6-12;1-5-3-4(6)7-2/h2-11H,1H3;3H2,2H3. The quantitative estimate of drug-likeness (QED) is 0.506. The highest BCUT2D eigenvalue weighted by molar-refractivity contribution is 5.93. The molecule has 0 unspecified atom stereocenters. The van der Waals surface area contributed by atoms with Gasteiger partial charge in [0.15, 0.2) is 17.8 Å². The van der Waals surface area contributed by atoms with Gasteiger partial charge in [-0.25, -0.2) is 21.1 Å². The number of methoxy groups -OCH3 is 2. The fourth-order valence-corrected chi connectivity index (χ4v) is 2.27. The zero-order chi connectivity index (χ0) is 20.4. The van der Waals surface area contributed by atoms with E-state index >= 15 is 0 Å². The van der Waals surface area contributed by atoms with E-state index in [0.717, 1.165) is 16.7 Å². The number of nitrogens with zero attached hydrogens (tertiary/aromatic N) is 2. The highest BCUT2D eigenvalue weighted by atomic mass is 16.5. The van der Waals surface area contributed by atoms with E-state index in [1.54, 1.807) is 0 Å². The largest absolute Gasteiger partial charge is 0.464 e. The molecule has 0 saturated carbocycles. The van der Waals surface area contributed by atoms with Gasteiger partial charge in [0.25, 0.3) is 0 Å². The molecule has 0 fully saturated rings. The molecular formula is C21H18N2O5. The van der Waals surface area contributed by atoms with Gasteiger partial charge < -0.3 is 18.7 Å². The van der Waals surface area contributed by atoms with Crippen LogP contribution in [0.15, 0.2) is 65.4 Å². The van der Waals surface area contributed by atoms with E-state index in [0.29, 0.717) is 5.76 Å². The van der Waals surface area contributed by atoms with Crippen LogP contribution in [0.2, 0.25) is 0 Å². The summed E-state index contributed by atoms with van der Waals surface area (Å²) in [6.45, 7) is 5.99. The second-order valence-corrected chi connectivity index (χ2v) is 5.36. The van der Waals surface area contributed by atoms with E-state index in [2.05, 4.69) is 19.3 Å². The Morgan fingerprint density at radius 1 is 0.964 bits per heavy atom. The lowest BCUT2D eigenvalue weighted by molar-refractivity contribution is -0.138. The molecule has 0 atom stereocenters. The first-order valence-corrected chi connectivity index (χ1v) is 8.18. The molecule has 0 radical (unpaired) electrons. The number of carbonyl (C=O) groups excluding carboxylic acids is 2. The lowest BCUT2D eigenvalue weighted by atomic mass is 10.0. The molecule has 1 aromatic heterocycles. The molecule has 0 bridgehead atoms. The molecule has 0 saturated heterocycles. The first kappa shape index (κ1) is 20.4. The Hall–Kier alpha value is -3.92. The molecule has 7 nitrogen and oxygen atoms in total. The maximum Gasteiger partial charge on any atom is 0.386 e. The zero-order valence-electron chi connectivity index (χ0n) is 15.4. The topological polar surface area (TPSA) is 83.0 Å². The number of benzene rings is 2. The molecule has 0 N–H and O–H groups in total. The van der Waals surface area contributed by atoms with E-state index in [9.17, 15) is 9.59 Å². The van der Waals surface area contributed by atoms with Crippen molar-refractivity contribution in [3.8, 4) is 22.5 Å². The van der Waals surface area contributed by atoms with Crippen molar-refractivity contribution in [3.63, 3.8) is 0 Å². The number of aromatic nitrogens is 1. The molecule has 7 heteroatoms. The minimum Gasteiger partial charge on any atom is -0.464 e. The lowest BCUT2D eigenvalue weighted by Gasteiger charge is -2.03. The summed E-state index contributed by atoms with van der Waals surface area (Å²) >= 11 is 0. The first-order valence-electron chi connectivity index (χ1n) is 8.18. The number of rotatable bonds is 4. The van der Waals surface area contributed by atoms with Gasteiger partial charge in [-0.3, -0.25) is 0 Å². The van der Waals surface area contributed by atoms with E-state index in [1.807, 2.05) is 54.6 Å². The Balaban J connectivity index is 0.000000345. The van der Waals surface area contributed by atoms with Crippen LogP contribution < -0.4 is 0 Å². The molecule has 3 rings (SSSR count). The first-order chi connectivity index (χ1) is 13.6. The second kappa shape index (κ2) is 10.3.